The number of methoxy groups -OCH3 is 1. The topological polar surface area (TPSA) is 35.2 Å². The minimum atomic E-state index is 0.325. The minimum Gasteiger partial charge on any atom is -0.384 e. The summed E-state index contributed by atoms with van der Waals surface area (Å²) in [7, 11) is 1.72. The highest BCUT2D eigenvalue weighted by molar-refractivity contribution is 5.25. The molecule has 0 aliphatic heterocycles. The third-order valence-corrected chi connectivity index (χ3v) is 2.64. The van der Waals surface area contributed by atoms with Crippen LogP contribution in [-0.2, 0) is 11.2 Å². The second-order valence-electron chi connectivity index (χ2n) is 3.88. The monoisotopic (exact) mass is 207 g/mol. The predicted molar refractivity (Wildman–Crippen MR) is 64.1 cm³/mol. The fourth-order valence-corrected chi connectivity index (χ4v) is 1.75. The minimum absolute atomic E-state index is 0.325. The SMILES string of the molecule is CCCc1ccc(C(CN)COC)cc1. The van der Waals surface area contributed by atoms with Gasteiger partial charge in [0, 0.05) is 19.6 Å². The molecule has 0 heterocycles. The molecule has 0 bridgehead atoms. The van der Waals surface area contributed by atoms with Crippen molar-refractivity contribution in [1.82, 2.24) is 0 Å². The van der Waals surface area contributed by atoms with E-state index in [1.54, 1.807) is 7.11 Å². The van der Waals surface area contributed by atoms with E-state index in [1.807, 2.05) is 0 Å². The summed E-state index contributed by atoms with van der Waals surface area (Å²) in [6, 6.07) is 8.72. The average Bonchev–Trinajstić information content (AvgIpc) is 2.28. The van der Waals surface area contributed by atoms with E-state index in [0.29, 0.717) is 19.1 Å². The van der Waals surface area contributed by atoms with Crippen LogP contribution in [-0.4, -0.2) is 20.3 Å². The maximum atomic E-state index is 5.71. The van der Waals surface area contributed by atoms with Crippen LogP contribution in [0.15, 0.2) is 24.3 Å². The van der Waals surface area contributed by atoms with Gasteiger partial charge >= 0.3 is 0 Å². The van der Waals surface area contributed by atoms with Crippen LogP contribution in [0, 0.1) is 0 Å². The summed E-state index contributed by atoms with van der Waals surface area (Å²) in [6.07, 6.45) is 2.34. The Morgan fingerprint density at radius 3 is 2.40 bits per heavy atom. The van der Waals surface area contributed by atoms with Crippen LogP contribution in [0.2, 0.25) is 0 Å². The van der Waals surface area contributed by atoms with Crippen LogP contribution in [0.1, 0.15) is 30.4 Å². The highest BCUT2D eigenvalue weighted by Gasteiger charge is 2.08. The van der Waals surface area contributed by atoms with Gasteiger partial charge in [-0.15, -0.1) is 0 Å². The van der Waals surface area contributed by atoms with E-state index in [2.05, 4.69) is 31.2 Å². The second kappa shape index (κ2) is 6.59. The van der Waals surface area contributed by atoms with Gasteiger partial charge in [-0.1, -0.05) is 37.6 Å². The highest BCUT2D eigenvalue weighted by Crippen LogP contribution is 2.16. The Morgan fingerprint density at radius 1 is 1.27 bits per heavy atom. The standard InChI is InChI=1S/C13H21NO/c1-3-4-11-5-7-12(8-6-11)13(9-14)10-15-2/h5-8,13H,3-4,9-10,14H2,1-2H3. The molecule has 0 radical (unpaired) electrons. The first kappa shape index (κ1) is 12.2. The van der Waals surface area contributed by atoms with E-state index in [0.717, 1.165) is 6.42 Å². The van der Waals surface area contributed by atoms with Gasteiger partial charge < -0.3 is 10.5 Å². The van der Waals surface area contributed by atoms with E-state index in [1.165, 1.54) is 17.5 Å². The quantitative estimate of drug-likeness (QED) is 0.777. The molecule has 0 fully saturated rings. The van der Waals surface area contributed by atoms with Crippen LogP contribution < -0.4 is 5.73 Å². The molecule has 0 aliphatic carbocycles. The van der Waals surface area contributed by atoms with Gasteiger partial charge in [-0.2, -0.15) is 0 Å². The zero-order valence-electron chi connectivity index (χ0n) is 9.70. The summed E-state index contributed by atoms with van der Waals surface area (Å²) < 4.78 is 5.15. The zero-order valence-corrected chi connectivity index (χ0v) is 9.70. The second-order valence-corrected chi connectivity index (χ2v) is 3.88. The Labute approximate surface area is 92.4 Å². The van der Waals surface area contributed by atoms with Crippen molar-refractivity contribution in [3.8, 4) is 0 Å². The Bertz CT molecular complexity index is 268. The van der Waals surface area contributed by atoms with Crippen molar-refractivity contribution in [2.45, 2.75) is 25.7 Å². The Hall–Kier alpha value is -0.860. The zero-order chi connectivity index (χ0) is 11.1. The van der Waals surface area contributed by atoms with E-state index >= 15 is 0 Å². The maximum absolute atomic E-state index is 5.71. The molecule has 0 saturated heterocycles. The third kappa shape index (κ3) is 3.65. The number of ether oxygens (including phenoxy) is 1. The van der Waals surface area contributed by atoms with Crippen molar-refractivity contribution in [3.05, 3.63) is 35.4 Å². The van der Waals surface area contributed by atoms with Crippen molar-refractivity contribution in [3.63, 3.8) is 0 Å². The van der Waals surface area contributed by atoms with Gasteiger partial charge in [0.2, 0.25) is 0 Å². The molecule has 0 aromatic heterocycles. The lowest BCUT2D eigenvalue weighted by Crippen LogP contribution is -2.17. The summed E-state index contributed by atoms with van der Waals surface area (Å²) >= 11 is 0. The van der Waals surface area contributed by atoms with Gasteiger partial charge in [-0.05, 0) is 17.5 Å². The van der Waals surface area contributed by atoms with E-state index in [-0.39, 0.29) is 0 Å². The molecule has 1 aromatic carbocycles. The summed E-state index contributed by atoms with van der Waals surface area (Å²) in [6.45, 7) is 3.53. The molecule has 1 rings (SSSR count). The first-order chi connectivity index (χ1) is 7.31. The summed E-state index contributed by atoms with van der Waals surface area (Å²) in [5, 5.41) is 0. The lowest BCUT2D eigenvalue weighted by molar-refractivity contribution is 0.181. The molecule has 2 heteroatoms. The molecule has 1 aromatic rings. The fraction of sp³-hybridized carbons (Fsp3) is 0.538. The van der Waals surface area contributed by atoms with E-state index in [9.17, 15) is 0 Å². The number of aryl methyl sites for hydroxylation is 1. The molecule has 15 heavy (non-hydrogen) atoms. The fourth-order valence-electron chi connectivity index (χ4n) is 1.75. The van der Waals surface area contributed by atoms with Crippen molar-refractivity contribution >= 4 is 0 Å². The van der Waals surface area contributed by atoms with Crippen molar-refractivity contribution in [2.75, 3.05) is 20.3 Å². The van der Waals surface area contributed by atoms with Crippen LogP contribution in [0.3, 0.4) is 0 Å². The van der Waals surface area contributed by atoms with Gasteiger partial charge in [0.1, 0.15) is 0 Å². The van der Waals surface area contributed by atoms with Crippen molar-refractivity contribution < 1.29 is 4.74 Å². The van der Waals surface area contributed by atoms with Crippen LogP contribution >= 0.6 is 0 Å². The largest absolute Gasteiger partial charge is 0.384 e. The summed E-state index contributed by atoms with van der Waals surface area (Å²) in [5.41, 5.74) is 8.38. The number of rotatable bonds is 6. The van der Waals surface area contributed by atoms with Gasteiger partial charge in [-0.3, -0.25) is 0 Å². The van der Waals surface area contributed by atoms with Crippen LogP contribution in [0.25, 0.3) is 0 Å². The number of benzene rings is 1. The Kier molecular flexibility index (Phi) is 5.37. The Balaban J connectivity index is 2.68. The molecule has 1 unspecified atom stereocenters. The number of hydrogen-bond donors (Lipinski definition) is 1. The molecule has 0 aliphatic rings. The molecule has 1 atom stereocenters. The molecule has 0 spiro atoms. The normalized spacial score (nSPS) is 12.7. The lowest BCUT2D eigenvalue weighted by Gasteiger charge is -2.14. The summed E-state index contributed by atoms with van der Waals surface area (Å²) in [5.74, 6) is 0.325. The highest BCUT2D eigenvalue weighted by atomic mass is 16.5. The van der Waals surface area contributed by atoms with Crippen molar-refractivity contribution in [2.24, 2.45) is 5.73 Å². The lowest BCUT2D eigenvalue weighted by atomic mass is 9.98. The molecule has 2 nitrogen and oxygen atoms in total. The maximum Gasteiger partial charge on any atom is 0.0543 e. The van der Waals surface area contributed by atoms with E-state index < -0.39 is 0 Å². The van der Waals surface area contributed by atoms with Crippen LogP contribution in [0.5, 0.6) is 0 Å². The van der Waals surface area contributed by atoms with Gasteiger partial charge in [0.05, 0.1) is 6.61 Å². The molecular formula is C13H21NO. The van der Waals surface area contributed by atoms with E-state index in [4.69, 9.17) is 10.5 Å². The molecular weight excluding hydrogens is 186 g/mol. The summed E-state index contributed by atoms with van der Waals surface area (Å²) in [4.78, 5) is 0. The van der Waals surface area contributed by atoms with Crippen molar-refractivity contribution in [1.29, 1.82) is 0 Å². The molecule has 2 N–H and O–H groups in total. The molecule has 84 valence electrons. The third-order valence-electron chi connectivity index (χ3n) is 2.64. The molecule has 0 saturated carbocycles. The van der Waals surface area contributed by atoms with Gasteiger partial charge in [-0.25, -0.2) is 0 Å². The predicted octanol–water partition coefficient (Wildman–Crippen LogP) is 2.33. The average molecular weight is 207 g/mol. The smallest absolute Gasteiger partial charge is 0.0543 e. The van der Waals surface area contributed by atoms with Gasteiger partial charge in [0.15, 0.2) is 0 Å². The van der Waals surface area contributed by atoms with Crippen LogP contribution in [0.4, 0.5) is 0 Å². The number of hydrogen-bond acceptors (Lipinski definition) is 2. The van der Waals surface area contributed by atoms with Gasteiger partial charge in [0.25, 0.3) is 0 Å². The first-order valence-corrected chi connectivity index (χ1v) is 5.59. The molecule has 0 amide bonds. The first-order valence-electron chi connectivity index (χ1n) is 5.59. The Morgan fingerprint density at radius 2 is 1.93 bits per heavy atom. The number of nitrogens with two attached hydrogens (primary N) is 1.